The van der Waals surface area contributed by atoms with Crippen molar-refractivity contribution in [1.82, 2.24) is 15.0 Å². The number of hydrogen-bond donors (Lipinski definition) is 1. The van der Waals surface area contributed by atoms with E-state index in [2.05, 4.69) is 30.1 Å². The molecular weight excluding hydrogens is 340 g/mol. The minimum atomic E-state index is 0.732. The monoisotopic (exact) mass is 362 g/mol. The SMILES string of the molecule is COc1ccccc1Nc1ccnc(N2CCN(c3ccccn3)CC2)n1. The lowest BCUT2D eigenvalue weighted by atomic mass is 10.3. The van der Waals surface area contributed by atoms with E-state index in [-0.39, 0.29) is 0 Å². The van der Waals surface area contributed by atoms with Crippen molar-refractivity contribution >= 4 is 23.3 Å². The lowest BCUT2D eigenvalue weighted by molar-refractivity contribution is 0.417. The average molecular weight is 362 g/mol. The summed E-state index contributed by atoms with van der Waals surface area (Å²) in [5.41, 5.74) is 0.879. The molecule has 1 aliphatic rings. The third-order valence-electron chi connectivity index (χ3n) is 4.55. The molecule has 3 heterocycles. The maximum Gasteiger partial charge on any atom is 0.227 e. The van der Waals surface area contributed by atoms with Gasteiger partial charge in [-0.2, -0.15) is 4.98 Å². The first-order valence-corrected chi connectivity index (χ1v) is 8.97. The first-order valence-electron chi connectivity index (χ1n) is 8.97. The smallest absolute Gasteiger partial charge is 0.227 e. The molecule has 0 aliphatic carbocycles. The fraction of sp³-hybridized carbons (Fsp3) is 0.250. The largest absolute Gasteiger partial charge is 0.495 e. The van der Waals surface area contributed by atoms with Crippen LogP contribution in [0.25, 0.3) is 0 Å². The van der Waals surface area contributed by atoms with Gasteiger partial charge in [-0.25, -0.2) is 9.97 Å². The maximum atomic E-state index is 5.39. The van der Waals surface area contributed by atoms with Crippen molar-refractivity contribution in [2.24, 2.45) is 0 Å². The summed E-state index contributed by atoms with van der Waals surface area (Å²) in [6.45, 7) is 3.50. The Morgan fingerprint density at radius 2 is 1.63 bits per heavy atom. The van der Waals surface area contributed by atoms with Crippen molar-refractivity contribution in [2.45, 2.75) is 0 Å². The highest BCUT2D eigenvalue weighted by molar-refractivity contribution is 5.64. The van der Waals surface area contributed by atoms with Crippen molar-refractivity contribution in [3.8, 4) is 5.75 Å². The Labute approximate surface area is 158 Å². The maximum absolute atomic E-state index is 5.39. The summed E-state index contributed by atoms with van der Waals surface area (Å²) in [5, 5.41) is 3.31. The van der Waals surface area contributed by atoms with Gasteiger partial charge >= 0.3 is 0 Å². The zero-order valence-corrected chi connectivity index (χ0v) is 15.2. The second-order valence-corrected chi connectivity index (χ2v) is 6.23. The molecular formula is C20H22N6O. The highest BCUT2D eigenvalue weighted by Gasteiger charge is 2.20. The van der Waals surface area contributed by atoms with Gasteiger partial charge in [0.25, 0.3) is 0 Å². The van der Waals surface area contributed by atoms with Crippen LogP contribution in [0.2, 0.25) is 0 Å². The molecule has 0 unspecified atom stereocenters. The van der Waals surface area contributed by atoms with Gasteiger partial charge in [0, 0.05) is 38.6 Å². The molecule has 0 atom stereocenters. The van der Waals surface area contributed by atoms with Crippen LogP contribution in [-0.4, -0.2) is 48.2 Å². The lowest BCUT2D eigenvalue weighted by Crippen LogP contribution is -2.47. The molecule has 0 bridgehead atoms. The quantitative estimate of drug-likeness (QED) is 0.748. The standard InChI is InChI=1S/C20H22N6O/c1-27-17-7-3-2-6-16(17)23-18-9-11-22-20(24-18)26-14-12-25(13-15-26)19-8-4-5-10-21-19/h2-11H,12-15H2,1H3,(H,22,23,24). The van der Waals surface area contributed by atoms with Gasteiger partial charge in [-0.3, -0.25) is 0 Å². The number of benzene rings is 1. The summed E-state index contributed by atoms with van der Waals surface area (Å²) in [6.07, 6.45) is 3.61. The third kappa shape index (κ3) is 3.92. The minimum Gasteiger partial charge on any atom is -0.495 e. The van der Waals surface area contributed by atoms with Crippen LogP contribution in [0.15, 0.2) is 60.9 Å². The van der Waals surface area contributed by atoms with Crippen molar-refractivity contribution in [2.75, 3.05) is 48.4 Å². The van der Waals surface area contributed by atoms with Gasteiger partial charge in [0.15, 0.2) is 0 Å². The molecule has 7 nitrogen and oxygen atoms in total. The number of ether oxygens (including phenoxy) is 1. The van der Waals surface area contributed by atoms with E-state index < -0.39 is 0 Å². The van der Waals surface area contributed by atoms with E-state index in [1.807, 2.05) is 54.7 Å². The molecule has 1 saturated heterocycles. The number of nitrogens with one attached hydrogen (secondary N) is 1. The highest BCUT2D eigenvalue weighted by Crippen LogP contribution is 2.26. The molecule has 1 aromatic carbocycles. The molecule has 138 valence electrons. The predicted molar refractivity (Wildman–Crippen MR) is 107 cm³/mol. The Bertz CT molecular complexity index is 880. The van der Waals surface area contributed by atoms with Gasteiger partial charge in [-0.05, 0) is 30.3 Å². The number of hydrogen-bond acceptors (Lipinski definition) is 7. The van der Waals surface area contributed by atoms with Crippen LogP contribution < -0.4 is 19.9 Å². The zero-order chi connectivity index (χ0) is 18.5. The summed E-state index contributed by atoms with van der Waals surface area (Å²) in [5.74, 6) is 3.28. The summed E-state index contributed by atoms with van der Waals surface area (Å²) in [6, 6.07) is 15.6. The number of aromatic nitrogens is 3. The van der Waals surface area contributed by atoms with Crippen LogP contribution in [0.1, 0.15) is 0 Å². The van der Waals surface area contributed by atoms with E-state index >= 15 is 0 Å². The number of methoxy groups -OCH3 is 1. The molecule has 3 aromatic rings. The van der Waals surface area contributed by atoms with Gasteiger partial charge < -0.3 is 19.9 Å². The second kappa shape index (κ2) is 7.90. The molecule has 7 heteroatoms. The summed E-state index contributed by atoms with van der Waals surface area (Å²) in [7, 11) is 1.66. The number of nitrogens with zero attached hydrogens (tertiary/aromatic N) is 5. The average Bonchev–Trinajstić information content (AvgIpc) is 2.75. The van der Waals surface area contributed by atoms with Crippen LogP contribution in [0.4, 0.5) is 23.3 Å². The summed E-state index contributed by atoms with van der Waals surface area (Å²) >= 11 is 0. The van der Waals surface area contributed by atoms with Crippen LogP contribution in [0.5, 0.6) is 5.75 Å². The predicted octanol–water partition coefficient (Wildman–Crippen LogP) is 2.95. The van der Waals surface area contributed by atoms with Crippen LogP contribution >= 0.6 is 0 Å². The molecule has 0 spiro atoms. The Morgan fingerprint density at radius 3 is 2.41 bits per heavy atom. The van der Waals surface area contributed by atoms with Crippen molar-refractivity contribution < 1.29 is 4.74 Å². The second-order valence-electron chi connectivity index (χ2n) is 6.23. The van der Waals surface area contributed by atoms with Gasteiger partial charge in [-0.1, -0.05) is 18.2 Å². The Morgan fingerprint density at radius 1 is 0.852 bits per heavy atom. The third-order valence-corrected chi connectivity index (χ3v) is 4.55. The number of rotatable bonds is 5. The Kier molecular flexibility index (Phi) is 5.00. The number of anilines is 4. The van der Waals surface area contributed by atoms with Crippen molar-refractivity contribution in [3.63, 3.8) is 0 Å². The van der Waals surface area contributed by atoms with E-state index in [0.29, 0.717) is 0 Å². The molecule has 4 rings (SSSR count). The van der Waals surface area contributed by atoms with E-state index in [1.54, 1.807) is 13.3 Å². The summed E-state index contributed by atoms with van der Waals surface area (Å²) in [4.78, 5) is 18.1. The fourth-order valence-corrected chi connectivity index (χ4v) is 3.13. The first kappa shape index (κ1) is 17.1. The molecule has 27 heavy (non-hydrogen) atoms. The number of pyridine rings is 1. The van der Waals surface area contributed by atoms with Crippen molar-refractivity contribution in [3.05, 3.63) is 60.9 Å². The molecule has 2 aromatic heterocycles. The molecule has 0 radical (unpaired) electrons. The topological polar surface area (TPSA) is 66.4 Å². The van der Waals surface area contributed by atoms with Gasteiger partial charge in [0.05, 0.1) is 12.8 Å². The molecule has 0 amide bonds. The van der Waals surface area contributed by atoms with E-state index in [9.17, 15) is 0 Å². The number of piperazine rings is 1. The molecule has 0 saturated carbocycles. The summed E-state index contributed by atoms with van der Waals surface area (Å²) < 4.78 is 5.39. The van der Waals surface area contributed by atoms with E-state index in [0.717, 1.165) is 55.2 Å². The van der Waals surface area contributed by atoms with Gasteiger partial charge in [0.1, 0.15) is 17.4 Å². The van der Waals surface area contributed by atoms with Gasteiger partial charge in [-0.15, -0.1) is 0 Å². The van der Waals surface area contributed by atoms with E-state index in [4.69, 9.17) is 4.74 Å². The van der Waals surface area contributed by atoms with Crippen LogP contribution in [0.3, 0.4) is 0 Å². The molecule has 1 aliphatic heterocycles. The molecule has 1 fully saturated rings. The zero-order valence-electron chi connectivity index (χ0n) is 15.2. The van der Waals surface area contributed by atoms with Crippen LogP contribution in [-0.2, 0) is 0 Å². The normalized spacial score (nSPS) is 14.1. The van der Waals surface area contributed by atoms with Crippen molar-refractivity contribution in [1.29, 1.82) is 0 Å². The highest BCUT2D eigenvalue weighted by atomic mass is 16.5. The first-order chi connectivity index (χ1) is 13.3. The van der Waals surface area contributed by atoms with Crippen LogP contribution in [0, 0.1) is 0 Å². The van der Waals surface area contributed by atoms with E-state index in [1.165, 1.54) is 0 Å². The Hall–Kier alpha value is -3.35. The Balaban J connectivity index is 1.44. The number of para-hydroxylation sites is 2. The minimum absolute atomic E-state index is 0.732. The van der Waals surface area contributed by atoms with Gasteiger partial charge in [0.2, 0.25) is 5.95 Å². The fourth-order valence-electron chi connectivity index (χ4n) is 3.13. The molecule has 1 N–H and O–H groups in total. The lowest BCUT2D eigenvalue weighted by Gasteiger charge is -2.35.